The summed E-state index contributed by atoms with van der Waals surface area (Å²) in [4.78, 5) is 12.5. The molecule has 0 unspecified atom stereocenters. The molecule has 0 bridgehead atoms. The number of benzene rings is 2. The summed E-state index contributed by atoms with van der Waals surface area (Å²) in [6.07, 6.45) is 1.87. The van der Waals surface area contributed by atoms with Crippen molar-refractivity contribution in [1.29, 1.82) is 0 Å². The van der Waals surface area contributed by atoms with Gasteiger partial charge in [0.1, 0.15) is 11.5 Å². The van der Waals surface area contributed by atoms with Crippen molar-refractivity contribution in [2.45, 2.75) is 32.5 Å². The zero-order valence-corrected chi connectivity index (χ0v) is 19.8. The lowest BCUT2D eigenvalue weighted by Crippen LogP contribution is -2.15. The fourth-order valence-corrected chi connectivity index (χ4v) is 4.43. The van der Waals surface area contributed by atoms with Crippen molar-refractivity contribution in [3.63, 3.8) is 0 Å². The van der Waals surface area contributed by atoms with E-state index in [0.29, 0.717) is 23.2 Å². The highest BCUT2D eigenvalue weighted by Crippen LogP contribution is 2.32. The lowest BCUT2D eigenvalue weighted by molar-refractivity contribution is -0.113. The molecule has 0 fully saturated rings. The van der Waals surface area contributed by atoms with Crippen LogP contribution < -0.4 is 5.32 Å². The SMILES string of the molecule is CCn1c(SCC(=O)Nc2ccc(C)cc2C)nnc1-c1cn(C)nc1-c1ccc(F)cc1. The van der Waals surface area contributed by atoms with Gasteiger partial charge in [-0.15, -0.1) is 10.2 Å². The van der Waals surface area contributed by atoms with E-state index in [1.54, 1.807) is 16.8 Å². The number of carbonyl (C=O) groups excluding carboxylic acids is 1. The Morgan fingerprint density at radius 2 is 1.88 bits per heavy atom. The zero-order valence-electron chi connectivity index (χ0n) is 19.0. The van der Waals surface area contributed by atoms with Crippen LogP contribution in [0, 0.1) is 19.7 Å². The van der Waals surface area contributed by atoms with Gasteiger partial charge in [0.15, 0.2) is 11.0 Å². The summed E-state index contributed by atoms with van der Waals surface area (Å²) in [5.41, 5.74) is 5.27. The van der Waals surface area contributed by atoms with E-state index in [1.807, 2.05) is 56.8 Å². The van der Waals surface area contributed by atoms with Gasteiger partial charge in [-0.1, -0.05) is 29.5 Å². The number of hydrogen-bond acceptors (Lipinski definition) is 5. The molecule has 2 aromatic heterocycles. The van der Waals surface area contributed by atoms with Crippen LogP contribution in [0.3, 0.4) is 0 Å². The first-order valence-electron chi connectivity index (χ1n) is 10.6. The van der Waals surface area contributed by atoms with Crippen molar-refractivity contribution in [3.05, 3.63) is 65.6 Å². The highest BCUT2D eigenvalue weighted by molar-refractivity contribution is 7.99. The van der Waals surface area contributed by atoms with Crippen LogP contribution in [0.4, 0.5) is 10.1 Å². The van der Waals surface area contributed by atoms with Crippen molar-refractivity contribution >= 4 is 23.4 Å². The molecule has 0 atom stereocenters. The molecule has 4 rings (SSSR count). The average Bonchev–Trinajstić information content (AvgIpc) is 3.37. The first-order chi connectivity index (χ1) is 15.9. The van der Waals surface area contributed by atoms with Crippen LogP contribution in [-0.2, 0) is 18.4 Å². The Hall–Kier alpha value is -3.46. The Morgan fingerprint density at radius 1 is 1.12 bits per heavy atom. The Balaban J connectivity index is 1.54. The molecule has 0 saturated carbocycles. The number of hydrogen-bond donors (Lipinski definition) is 1. The molecule has 1 amide bonds. The van der Waals surface area contributed by atoms with Crippen LogP contribution >= 0.6 is 11.8 Å². The second-order valence-electron chi connectivity index (χ2n) is 7.78. The molecule has 0 aliphatic heterocycles. The van der Waals surface area contributed by atoms with Crippen LogP contribution in [0.25, 0.3) is 22.6 Å². The van der Waals surface area contributed by atoms with E-state index in [0.717, 1.165) is 27.9 Å². The molecule has 33 heavy (non-hydrogen) atoms. The number of carbonyl (C=O) groups is 1. The average molecular weight is 465 g/mol. The maximum Gasteiger partial charge on any atom is 0.234 e. The predicted molar refractivity (Wildman–Crippen MR) is 129 cm³/mol. The predicted octanol–water partition coefficient (Wildman–Crippen LogP) is 4.85. The highest BCUT2D eigenvalue weighted by atomic mass is 32.2. The summed E-state index contributed by atoms with van der Waals surface area (Å²) in [6.45, 7) is 6.62. The fraction of sp³-hybridized carbons (Fsp3) is 0.250. The second kappa shape index (κ2) is 9.58. The van der Waals surface area contributed by atoms with Crippen LogP contribution in [-0.4, -0.2) is 36.2 Å². The first kappa shape index (κ1) is 22.7. The Kier molecular flexibility index (Phi) is 6.60. The molecule has 0 aliphatic carbocycles. The van der Waals surface area contributed by atoms with Gasteiger partial charge in [0.2, 0.25) is 5.91 Å². The third kappa shape index (κ3) is 4.98. The Labute approximate surface area is 196 Å². The van der Waals surface area contributed by atoms with Gasteiger partial charge in [0.25, 0.3) is 0 Å². The van der Waals surface area contributed by atoms with Gasteiger partial charge in [0, 0.05) is 31.0 Å². The molecule has 0 saturated heterocycles. The van der Waals surface area contributed by atoms with E-state index >= 15 is 0 Å². The summed E-state index contributed by atoms with van der Waals surface area (Å²) < 4.78 is 17.1. The van der Waals surface area contributed by atoms with Crippen LogP contribution in [0.5, 0.6) is 0 Å². The molecule has 7 nitrogen and oxygen atoms in total. The number of nitrogens with one attached hydrogen (secondary N) is 1. The van der Waals surface area contributed by atoms with Gasteiger partial charge < -0.3 is 9.88 Å². The highest BCUT2D eigenvalue weighted by Gasteiger charge is 2.20. The number of halogens is 1. The van der Waals surface area contributed by atoms with E-state index in [4.69, 9.17) is 0 Å². The van der Waals surface area contributed by atoms with E-state index in [1.165, 1.54) is 23.9 Å². The van der Waals surface area contributed by atoms with Gasteiger partial charge in [-0.2, -0.15) is 5.10 Å². The molecule has 0 radical (unpaired) electrons. The molecule has 2 aromatic carbocycles. The number of amides is 1. The van der Waals surface area contributed by atoms with Crippen LogP contribution in [0.15, 0.2) is 53.8 Å². The standard InChI is InChI=1S/C24H25FN6OS/c1-5-31-23(19-13-30(4)29-22(19)17-7-9-18(25)10-8-17)27-28-24(31)33-14-21(32)26-20-11-6-15(2)12-16(20)3/h6-13H,5,14H2,1-4H3,(H,26,32). The van der Waals surface area contributed by atoms with Crippen molar-refractivity contribution in [2.75, 3.05) is 11.1 Å². The second-order valence-corrected chi connectivity index (χ2v) is 8.72. The molecule has 1 N–H and O–H groups in total. The number of anilines is 1. The number of aromatic nitrogens is 5. The van der Waals surface area contributed by atoms with E-state index < -0.39 is 0 Å². The fourth-order valence-electron chi connectivity index (χ4n) is 3.62. The smallest absolute Gasteiger partial charge is 0.234 e. The first-order valence-corrected chi connectivity index (χ1v) is 11.6. The molecular formula is C24H25FN6OS. The maximum absolute atomic E-state index is 13.4. The van der Waals surface area contributed by atoms with Gasteiger partial charge in [-0.3, -0.25) is 9.48 Å². The van der Waals surface area contributed by atoms with Gasteiger partial charge in [-0.25, -0.2) is 4.39 Å². The third-order valence-electron chi connectivity index (χ3n) is 5.21. The van der Waals surface area contributed by atoms with Crippen LogP contribution in [0.2, 0.25) is 0 Å². The van der Waals surface area contributed by atoms with E-state index in [2.05, 4.69) is 20.6 Å². The van der Waals surface area contributed by atoms with Crippen molar-refractivity contribution in [3.8, 4) is 22.6 Å². The quantitative estimate of drug-likeness (QED) is 0.396. The number of aryl methyl sites for hydroxylation is 3. The zero-order chi connectivity index (χ0) is 23.5. The Bertz CT molecular complexity index is 1300. The van der Waals surface area contributed by atoms with E-state index in [-0.39, 0.29) is 17.5 Å². The Morgan fingerprint density at radius 3 is 2.58 bits per heavy atom. The molecule has 2 heterocycles. The van der Waals surface area contributed by atoms with Gasteiger partial charge >= 0.3 is 0 Å². The topological polar surface area (TPSA) is 77.6 Å². The van der Waals surface area contributed by atoms with E-state index in [9.17, 15) is 9.18 Å². The molecule has 0 spiro atoms. The summed E-state index contributed by atoms with van der Waals surface area (Å²) in [5, 5.41) is 16.9. The lowest BCUT2D eigenvalue weighted by atomic mass is 10.1. The van der Waals surface area contributed by atoms with Gasteiger partial charge in [-0.05, 0) is 56.7 Å². The normalized spacial score (nSPS) is 11.1. The van der Waals surface area contributed by atoms with Gasteiger partial charge in [0.05, 0.1) is 11.3 Å². The molecule has 9 heteroatoms. The molecule has 4 aromatic rings. The molecular weight excluding hydrogens is 439 g/mol. The summed E-state index contributed by atoms with van der Waals surface area (Å²) in [6, 6.07) is 12.1. The minimum Gasteiger partial charge on any atom is -0.325 e. The third-order valence-corrected chi connectivity index (χ3v) is 6.18. The maximum atomic E-state index is 13.4. The number of nitrogens with zero attached hydrogens (tertiary/aromatic N) is 5. The monoisotopic (exact) mass is 464 g/mol. The molecule has 170 valence electrons. The number of rotatable bonds is 7. The van der Waals surface area contributed by atoms with Crippen LogP contribution in [0.1, 0.15) is 18.1 Å². The largest absolute Gasteiger partial charge is 0.325 e. The summed E-state index contributed by atoms with van der Waals surface area (Å²) >= 11 is 1.33. The lowest BCUT2D eigenvalue weighted by Gasteiger charge is -2.10. The summed E-state index contributed by atoms with van der Waals surface area (Å²) in [7, 11) is 1.83. The molecule has 0 aliphatic rings. The van der Waals surface area contributed by atoms with Crippen molar-refractivity contribution in [2.24, 2.45) is 7.05 Å². The van der Waals surface area contributed by atoms with Crippen molar-refractivity contribution < 1.29 is 9.18 Å². The summed E-state index contributed by atoms with van der Waals surface area (Å²) in [5.74, 6) is 0.462. The minimum absolute atomic E-state index is 0.104. The minimum atomic E-state index is -0.300. The number of thioether (sulfide) groups is 1. The van der Waals surface area contributed by atoms with Crippen molar-refractivity contribution in [1.82, 2.24) is 24.5 Å².